The van der Waals surface area contributed by atoms with Gasteiger partial charge in [-0.25, -0.2) is 23.1 Å². The second kappa shape index (κ2) is 7.16. The van der Waals surface area contributed by atoms with Crippen molar-refractivity contribution < 1.29 is 13.2 Å². The molecule has 140 valence electrons. The quantitative estimate of drug-likeness (QED) is 0.691. The first-order chi connectivity index (χ1) is 12.7. The highest BCUT2D eigenvalue weighted by Gasteiger charge is 2.17. The zero-order valence-corrected chi connectivity index (χ0v) is 15.8. The predicted molar refractivity (Wildman–Crippen MR) is 99.9 cm³/mol. The molecule has 2 heterocycles. The van der Waals surface area contributed by atoms with Gasteiger partial charge in [-0.3, -0.25) is 9.48 Å². The Morgan fingerprint density at radius 2 is 1.67 bits per heavy atom. The van der Waals surface area contributed by atoms with E-state index in [2.05, 4.69) is 25.1 Å². The molecule has 0 unspecified atom stereocenters. The van der Waals surface area contributed by atoms with Crippen LogP contribution < -0.4 is 10.0 Å². The van der Waals surface area contributed by atoms with Gasteiger partial charge in [0, 0.05) is 30.3 Å². The Kier molecular flexibility index (Phi) is 4.91. The van der Waals surface area contributed by atoms with E-state index in [0.29, 0.717) is 17.1 Å². The van der Waals surface area contributed by atoms with Crippen molar-refractivity contribution in [3.63, 3.8) is 0 Å². The van der Waals surface area contributed by atoms with Gasteiger partial charge in [0.15, 0.2) is 5.69 Å². The standard InChI is InChI=1S/C17H18N6O3S/c1-11-10-12(2)19-17(18-11)22-27(25,26)14-6-4-13(5-7-14)20-16(24)15-8-9-23(3)21-15/h4-10H,1-3H3,(H,20,24)(H,18,19,22). The molecule has 9 nitrogen and oxygen atoms in total. The average molecular weight is 386 g/mol. The Labute approximate surface area is 156 Å². The molecule has 3 rings (SSSR count). The number of sulfonamides is 1. The Hall–Kier alpha value is -3.27. The van der Waals surface area contributed by atoms with Gasteiger partial charge in [0.25, 0.3) is 15.9 Å². The highest BCUT2D eigenvalue weighted by Crippen LogP contribution is 2.17. The Morgan fingerprint density at radius 1 is 1.04 bits per heavy atom. The second-order valence-corrected chi connectivity index (χ2v) is 7.62. The molecule has 0 spiro atoms. The zero-order chi connectivity index (χ0) is 19.6. The van der Waals surface area contributed by atoms with E-state index in [1.165, 1.54) is 28.9 Å². The van der Waals surface area contributed by atoms with E-state index >= 15 is 0 Å². The fourth-order valence-corrected chi connectivity index (χ4v) is 3.34. The number of hydrogen-bond donors (Lipinski definition) is 2. The number of aryl methyl sites for hydroxylation is 3. The molecule has 27 heavy (non-hydrogen) atoms. The van der Waals surface area contributed by atoms with Crippen molar-refractivity contribution in [3.8, 4) is 0 Å². The van der Waals surface area contributed by atoms with E-state index < -0.39 is 10.0 Å². The molecule has 0 aliphatic carbocycles. The molecular formula is C17H18N6O3S. The van der Waals surface area contributed by atoms with Crippen molar-refractivity contribution in [1.82, 2.24) is 19.7 Å². The van der Waals surface area contributed by atoms with Crippen LogP contribution in [0.25, 0.3) is 0 Å². The van der Waals surface area contributed by atoms with Crippen LogP contribution in [0.2, 0.25) is 0 Å². The van der Waals surface area contributed by atoms with Crippen LogP contribution >= 0.6 is 0 Å². The maximum absolute atomic E-state index is 12.5. The van der Waals surface area contributed by atoms with Crippen molar-refractivity contribution in [1.29, 1.82) is 0 Å². The number of nitrogens with zero attached hydrogens (tertiary/aromatic N) is 4. The number of amides is 1. The van der Waals surface area contributed by atoms with Gasteiger partial charge in [-0.15, -0.1) is 0 Å². The molecule has 0 atom stereocenters. The minimum Gasteiger partial charge on any atom is -0.321 e. The summed E-state index contributed by atoms with van der Waals surface area (Å²) in [4.78, 5) is 20.2. The van der Waals surface area contributed by atoms with Gasteiger partial charge in [0.05, 0.1) is 4.90 Å². The SMILES string of the molecule is Cc1cc(C)nc(NS(=O)(=O)c2ccc(NC(=O)c3ccn(C)n3)cc2)n1. The summed E-state index contributed by atoms with van der Waals surface area (Å²) in [7, 11) is -2.13. The van der Waals surface area contributed by atoms with Crippen LogP contribution in [0.1, 0.15) is 21.9 Å². The van der Waals surface area contributed by atoms with Crippen molar-refractivity contribution >= 4 is 27.6 Å². The number of nitrogens with one attached hydrogen (secondary N) is 2. The first kappa shape index (κ1) is 18.5. The maximum atomic E-state index is 12.5. The Balaban J connectivity index is 1.74. The average Bonchev–Trinajstić information content (AvgIpc) is 3.00. The summed E-state index contributed by atoms with van der Waals surface area (Å²) >= 11 is 0. The number of benzene rings is 1. The van der Waals surface area contributed by atoms with E-state index in [4.69, 9.17) is 0 Å². The van der Waals surface area contributed by atoms with Crippen molar-refractivity contribution in [2.24, 2.45) is 7.05 Å². The lowest BCUT2D eigenvalue weighted by atomic mass is 10.3. The van der Waals surface area contributed by atoms with Gasteiger partial charge in [-0.1, -0.05) is 0 Å². The fourth-order valence-electron chi connectivity index (χ4n) is 2.40. The van der Waals surface area contributed by atoms with Crippen LogP contribution in [-0.4, -0.2) is 34.1 Å². The maximum Gasteiger partial charge on any atom is 0.276 e. The molecular weight excluding hydrogens is 368 g/mol. The molecule has 0 bridgehead atoms. The van der Waals surface area contributed by atoms with Crippen LogP contribution in [0.15, 0.2) is 47.5 Å². The molecule has 3 aromatic rings. The summed E-state index contributed by atoms with van der Waals surface area (Å²) in [6.07, 6.45) is 1.66. The van der Waals surface area contributed by atoms with Crippen LogP contribution in [0.3, 0.4) is 0 Å². The summed E-state index contributed by atoms with van der Waals surface area (Å²) in [6.45, 7) is 3.51. The lowest BCUT2D eigenvalue weighted by Crippen LogP contribution is -2.16. The minimum atomic E-state index is -3.84. The van der Waals surface area contributed by atoms with Crippen molar-refractivity contribution in [2.45, 2.75) is 18.7 Å². The third-order valence-electron chi connectivity index (χ3n) is 3.58. The van der Waals surface area contributed by atoms with E-state index in [1.807, 2.05) is 0 Å². The number of aromatic nitrogens is 4. The molecule has 1 aromatic carbocycles. The molecule has 0 saturated carbocycles. The monoisotopic (exact) mass is 386 g/mol. The van der Waals surface area contributed by atoms with Crippen LogP contribution in [0.4, 0.5) is 11.6 Å². The lowest BCUT2D eigenvalue weighted by molar-refractivity contribution is 0.102. The summed E-state index contributed by atoms with van der Waals surface area (Å²) in [5, 5.41) is 6.67. The van der Waals surface area contributed by atoms with Gasteiger partial charge in [-0.05, 0) is 50.2 Å². The Morgan fingerprint density at radius 3 is 2.22 bits per heavy atom. The van der Waals surface area contributed by atoms with Crippen LogP contribution in [-0.2, 0) is 17.1 Å². The number of hydrogen-bond acceptors (Lipinski definition) is 6. The molecule has 2 N–H and O–H groups in total. The largest absolute Gasteiger partial charge is 0.321 e. The molecule has 0 aliphatic rings. The van der Waals surface area contributed by atoms with E-state index in [1.54, 1.807) is 39.2 Å². The lowest BCUT2D eigenvalue weighted by Gasteiger charge is -2.09. The summed E-state index contributed by atoms with van der Waals surface area (Å²) < 4.78 is 28.9. The van der Waals surface area contributed by atoms with Crippen LogP contribution in [0.5, 0.6) is 0 Å². The van der Waals surface area contributed by atoms with Gasteiger partial charge >= 0.3 is 0 Å². The molecule has 2 aromatic heterocycles. The number of anilines is 2. The number of carbonyl (C=O) groups excluding carboxylic acids is 1. The summed E-state index contributed by atoms with van der Waals surface area (Å²) in [5.74, 6) is -0.368. The van der Waals surface area contributed by atoms with Gasteiger partial charge in [-0.2, -0.15) is 5.10 Å². The van der Waals surface area contributed by atoms with Gasteiger partial charge < -0.3 is 5.32 Å². The first-order valence-corrected chi connectivity index (χ1v) is 9.47. The normalized spacial score (nSPS) is 11.2. The Bertz CT molecular complexity index is 1070. The third-order valence-corrected chi connectivity index (χ3v) is 4.92. The van der Waals surface area contributed by atoms with E-state index in [9.17, 15) is 13.2 Å². The van der Waals surface area contributed by atoms with Gasteiger partial charge in [0.2, 0.25) is 5.95 Å². The molecule has 0 fully saturated rings. The van der Waals surface area contributed by atoms with Crippen LogP contribution in [0, 0.1) is 13.8 Å². The first-order valence-electron chi connectivity index (χ1n) is 7.99. The molecule has 1 amide bonds. The van der Waals surface area contributed by atoms with Crippen molar-refractivity contribution in [3.05, 3.63) is 59.7 Å². The molecule has 0 saturated heterocycles. The van der Waals surface area contributed by atoms with Gasteiger partial charge in [0.1, 0.15) is 0 Å². The molecule has 0 aliphatic heterocycles. The summed E-state index contributed by atoms with van der Waals surface area (Å²) in [6, 6.07) is 9.10. The number of rotatable bonds is 5. The predicted octanol–water partition coefficient (Wildman–Crippen LogP) is 1.88. The number of carbonyl (C=O) groups is 1. The van der Waals surface area contributed by atoms with E-state index in [0.717, 1.165) is 0 Å². The van der Waals surface area contributed by atoms with E-state index in [-0.39, 0.29) is 22.4 Å². The molecule has 10 heteroatoms. The third kappa shape index (κ3) is 4.47. The highest BCUT2D eigenvalue weighted by molar-refractivity contribution is 7.92. The second-order valence-electron chi connectivity index (χ2n) is 5.93. The smallest absolute Gasteiger partial charge is 0.276 e. The topological polar surface area (TPSA) is 119 Å². The zero-order valence-electron chi connectivity index (χ0n) is 15.0. The van der Waals surface area contributed by atoms with Crippen molar-refractivity contribution in [2.75, 3.05) is 10.0 Å². The fraction of sp³-hybridized carbons (Fsp3) is 0.176. The summed E-state index contributed by atoms with van der Waals surface area (Å²) in [5.41, 5.74) is 2.04. The highest BCUT2D eigenvalue weighted by atomic mass is 32.2. The minimum absolute atomic E-state index is 0.0139. The molecule has 0 radical (unpaired) electrons.